The molecular formula is C17H17BrClNO. The zero-order valence-electron chi connectivity index (χ0n) is 11.8. The van der Waals surface area contributed by atoms with Crippen molar-refractivity contribution in [3.05, 3.63) is 63.1 Å². The fourth-order valence-corrected chi connectivity index (χ4v) is 3.22. The molecule has 1 heterocycles. The van der Waals surface area contributed by atoms with E-state index in [9.17, 15) is 0 Å². The number of hydrogen-bond acceptors (Lipinski definition) is 2. The Kier molecular flexibility index (Phi) is 4.53. The summed E-state index contributed by atoms with van der Waals surface area (Å²) >= 11 is 9.53. The van der Waals surface area contributed by atoms with Crippen LogP contribution in [0.1, 0.15) is 24.1 Å². The quantitative estimate of drug-likeness (QED) is 0.842. The smallest absolute Gasteiger partial charge is 0.123 e. The van der Waals surface area contributed by atoms with Gasteiger partial charge >= 0.3 is 0 Å². The van der Waals surface area contributed by atoms with Crippen molar-refractivity contribution in [2.75, 3.05) is 6.54 Å². The lowest BCUT2D eigenvalue weighted by atomic mass is 10.1. The Balaban J connectivity index is 1.57. The van der Waals surface area contributed by atoms with E-state index in [1.807, 2.05) is 24.3 Å². The Morgan fingerprint density at radius 1 is 1.33 bits per heavy atom. The predicted octanol–water partition coefficient (Wildman–Crippen LogP) is 4.76. The van der Waals surface area contributed by atoms with E-state index in [1.165, 1.54) is 11.1 Å². The number of ether oxygens (including phenoxy) is 1. The van der Waals surface area contributed by atoms with E-state index in [0.29, 0.717) is 6.04 Å². The van der Waals surface area contributed by atoms with E-state index in [0.717, 1.165) is 28.2 Å². The Bertz CT molecular complexity index is 646. The van der Waals surface area contributed by atoms with Gasteiger partial charge in [0.15, 0.2) is 0 Å². The molecule has 4 heteroatoms. The lowest BCUT2D eigenvalue weighted by molar-refractivity contribution is 0.222. The molecule has 0 amide bonds. The maximum Gasteiger partial charge on any atom is 0.123 e. The van der Waals surface area contributed by atoms with Gasteiger partial charge in [0.1, 0.15) is 11.9 Å². The summed E-state index contributed by atoms with van der Waals surface area (Å²) in [7, 11) is 0. The van der Waals surface area contributed by atoms with Gasteiger partial charge in [-0.2, -0.15) is 0 Å². The van der Waals surface area contributed by atoms with Crippen molar-refractivity contribution < 1.29 is 4.74 Å². The molecule has 110 valence electrons. The highest BCUT2D eigenvalue weighted by molar-refractivity contribution is 9.10. The summed E-state index contributed by atoms with van der Waals surface area (Å²) in [5.41, 5.74) is 2.47. The first-order chi connectivity index (χ1) is 10.1. The van der Waals surface area contributed by atoms with Crippen LogP contribution in [0.3, 0.4) is 0 Å². The lowest BCUT2D eigenvalue weighted by Crippen LogP contribution is -2.31. The zero-order chi connectivity index (χ0) is 14.8. The third kappa shape index (κ3) is 3.60. The first-order valence-corrected chi connectivity index (χ1v) is 8.23. The number of fused-ring (bicyclic) bond motifs is 1. The highest BCUT2D eigenvalue weighted by Crippen LogP contribution is 2.31. The Morgan fingerprint density at radius 2 is 2.19 bits per heavy atom. The van der Waals surface area contributed by atoms with Gasteiger partial charge in [0.05, 0.1) is 0 Å². The molecule has 0 saturated carbocycles. The molecule has 0 saturated heterocycles. The van der Waals surface area contributed by atoms with E-state index in [1.54, 1.807) is 0 Å². The van der Waals surface area contributed by atoms with Gasteiger partial charge < -0.3 is 10.1 Å². The third-order valence-corrected chi connectivity index (χ3v) is 4.49. The van der Waals surface area contributed by atoms with Gasteiger partial charge in [-0.05, 0) is 48.4 Å². The van der Waals surface area contributed by atoms with E-state index in [-0.39, 0.29) is 6.10 Å². The van der Waals surface area contributed by atoms with Crippen molar-refractivity contribution in [3.8, 4) is 5.75 Å². The van der Waals surface area contributed by atoms with Crippen LogP contribution in [0.4, 0.5) is 0 Å². The number of rotatable bonds is 4. The van der Waals surface area contributed by atoms with Crippen molar-refractivity contribution in [2.24, 2.45) is 0 Å². The third-order valence-electron chi connectivity index (χ3n) is 3.76. The predicted molar refractivity (Wildman–Crippen MR) is 90.1 cm³/mol. The second-order valence-electron chi connectivity index (χ2n) is 5.38. The fraction of sp³-hybridized carbons (Fsp3) is 0.294. The maximum absolute atomic E-state index is 6.02. The van der Waals surface area contributed by atoms with Crippen molar-refractivity contribution in [1.29, 1.82) is 0 Å². The molecule has 0 aromatic heterocycles. The standard InChI is InChI=1S/C17H17BrClNO/c1-11(12-3-2-4-14(18)7-12)20-10-16-9-13-8-15(19)5-6-17(13)21-16/h2-8,11,16,20H,9-10H2,1H3. The van der Waals surface area contributed by atoms with Crippen LogP contribution < -0.4 is 10.1 Å². The average Bonchev–Trinajstić information content (AvgIpc) is 2.86. The molecule has 1 aliphatic rings. The van der Waals surface area contributed by atoms with Crippen molar-refractivity contribution >= 4 is 27.5 Å². The van der Waals surface area contributed by atoms with Crippen LogP contribution in [0.25, 0.3) is 0 Å². The van der Waals surface area contributed by atoms with Crippen LogP contribution in [-0.2, 0) is 6.42 Å². The summed E-state index contributed by atoms with van der Waals surface area (Å²) in [4.78, 5) is 0. The molecule has 2 aromatic rings. The van der Waals surface area contributed by atoms with E-state index in [4.69, 9.17) is 16.3 Å². The Hall–Kier alpha value is -1.03. The maximum atomic E-state index is 6.02. The molecule has 0 spiro atoms. The van der Waals surface area contributed by atoms with Gasteiger partial charge in [-0.25, -0.2) is 0 Å². The second-order valence-corrected chi connectivity index (χ2v) is 6.73. The highest BCUT2D eigenvalue weighted by atomic mass is 79.9. The van der Waals surface area contributed by atoms with Crippen molar-refractivity contribution in [1.82, 2.24) is 5.32 Å². The van der Waals surface area contributed by atoms with Crippen LogP contribution in [0, 0.1) is 0 Å². The minimum Gasteiger partial charge on any atom is -0.488 e. The Labute approximate surface area is 138 Å². The Morgan fingerprint density at radius 3 is 3.00 bits per heavy atom. The van der Waals surface area contributed by atoms with E-state index < -0.39 is 0 Å². The van der Waals surface area contributed by atoms with Gasteiger partial charge in [-0.3, -0.25) is 0 Å². The largest absolute Gasteiger partial charge is 0.488 e. The van der Waals surface area contributed by atoms with Crippen LogP contribution in [0.2, 0.25) is 5.02 Å². The summed E-state index contributed by atoms with van der Waals surface area (Å²) in [5.74, 6) is 0.960. The van der Waals surface area contributed by atoms with Crippen LogP contribution in [0.15, 0.2) is 46.9 Å². The first-order valence-electron chi connectivity index (χ1n) is 7.06. The highest BCUT2D eigenvalue weighted by Gasteiger charge is 2.23. The molecule has 0 fully saturated rings. The number of benzene rings is 2. The van der Waals surface area contributed by atoms with Crippen LogP contribution in [-0.4, -0.2) is 12.6 Å². The molecular weight excluding hydrogens is 350 g/mol. The molecule has 2 unspecified atom stereocenters. The summed E-state index contributed by atoms with van der Waals surface area (Å²) in [6, 6.07) is 14.5. The normalized spacial score (nSPS) is 18.1. The topological polar surface area (TPSA) is 21.3 Å². The summed E-state index contributed by atoms with van der Waals surface area (Å²) in [6.07, 6.45) is 1.08. The van der Waals surface area contributed by atoms with Crippen molar-refractivity contribution in [2.45, 2.75) is 25.5 Å². The van der Waals surface area contributed by atoms with Gasteiger partial charge in [-0.15, -0.1) is 0 Å². The zero-order valence-corrected chi connectivity index (χ0v) is 14.1. The van der Waals surface area contributed by atoms with E-state index in [2.05, 4.69) is 46.4 Å². The molecule has 0 bridgehead atoms. The summed E-state index contributed by atoms with van der Waals surface area (Å²) in [6.45, 7) is 2.99. The van der Waals surface area contributed by atoms with Gasteiger partial charge in [0.2, 0.25) is 0 Å². The van der Waals surface area contributed by atoms with Crippen molar-refractivity contribution in [3.63, 3.8) is 0 Å². The molecule has 2 nitrogen and oxygen atoms in total. The average molecular weight is 367 g/mol. The van der Waals surface area contributed by atoms with E-state index >= 15 is 0 Å². The van der Waals surface area contributed by atoms with Crippen LogP contribution in [0.5, 0.6) is 5.75 Å². The van der Waals surface area contributed by atoms with Crippen LogP contribution >= 0.6 is 27.5 Å². The molecule has 21 heavy (non-hydrogen) atoms. The molecule has 0 aliphatic carbocycles. The fourth-order valence-electron chi connectivity index (χ4n) is 2.60. The lowest BCUT2D eigenvalue weighted by Gasteiger charge is -2.18. The minimum absolute atomic E-state index is 0.174. The second kappa shape index (κ2) is 6.39. The minimum atomic E-state index is 0.174. The molecule has 1 aliphatic heterocycles. The molecule has 3 rings (SSSR count). The van der Waals surface area contributed by atoms with Gasteiger partial charge in [0, 0.05) is 28.5 Å². The number of nitrogens with one attached hydrogen (secondary N) is 1. The van der Waals surface area contributed by atoms with Gasteiger partial charge in [0.25, 0.3) is 0 Å². The first kappa shape index (κ1) is 14.9. The number of halogens is 2. The molecule has 2 aromatic carbocycles. The SMILES string of the molecule is CC(NCC1Cc2cc(Cl)ccc2O1)c1cccc(Br)c1. The number of hydrogen-bond donors (Lipinski definition) is 1. The summed E-state index contributed by atoms with van der Waals surface area (Å²) in [5, 5.41) is 4.31. The molecule has 0 radical (unpaired) electrons. The van der Waals surface area contributed by atoms with Gasteiger partial charge in [-0.1, -0.05) is 39.7 Å². The molecule has 2 atom stereocenters. The monoisotopic (exact) mass is 365 g/mol. The summed E-state index contributed by atoms with van der Waals surface area (Å²) < 4.78 is 7.05. The molecule has 1 N–H and O–H groups in total.